The number of hydrogen-bond acceptors (Lipinski definition) is 5. The van der Waals surface area contributed by atoms with E-state index in [0.29, 0.717) is 33.8 Å². The molecule has 0 fully saturated rings. The van der Waals surface area contributed by atoms with Gasteiger partial charge in [-0.2, -0.15) is 0 Å². The molecule has 3 amide bonds. The lowest BCUT2D eigenvalue weighted by Gasteiger charge is -2.13. The number of nitrogens with zero attached hydrogens (tertiary/aromatic N) is 2. The first kappa shape index (κ1) is 17.4. The molecule has 0 spiro atoms. The second-order valence-electron chi connectivity index (χ2n) is 6.17. The number of imide groups is 1. The van der Waals surface area contributed by atoms with E-state index in [1.807, 2.05) is 0 Å². The topological polar surface area (TPSA) is 92.5 Å². The zero-order valence-corrected chi connectivity index (χ0v) is 15.9. The summed E-state index contributed by atoms with van der Waals surface area (Å²) in [7, 11) is 0. The standard InChI is InChI=1S/C19H14BrN3O4/c1-10-21-15-9-12(3-5-16(15)27-10)22-17(24)6-7-23-18(25)13-4-2-11(20)8-14(13)19(23)26/h2-5,8-9H,6-7H2,1H3,(H,22,24). The molecule has 1 aliphatic heterocycles. The normalized spacial score (nSPS) is 13.3. The Labute approximate surface area is 162 Å². The molecule has 4 rings (SSSR count). The van der Waals surface area contributed by atoms with E-state index in [4.69, 9.17) is 4.42 Å². The number of benzene rings is 2. The molecule has 2 heterocycles. The van der Waals surface area contributed by atoms with E-state index in [2.05, 4.69) is 26.2 Å². The Morgan fingerprint density at radius 1 is 1.15 bits per heavy atom. The van der Waals surface area contributed by atoms with Crippen molar-refractivity contribution < 1.29 is 18.8 Å². The summed E-state index contributed by atoms with van der Waals surface area (Å²) >= 11 is 3.29. The highest BCUT2D eigenvalue weighted by molar-refractivity contribution is 9.10. The van der Waals surface area contributed by atoms with Gasteiger partial charge in [-0.3, -0.25) is 19.3 Å². The molecule has 0 aliphatic carbocycles. The molecule has 1 N–H and O–H groups in total. The average molecular weight is 428 g/mol. The number of oxazole rings is 1. The summed E-state index contributed by atoms with van der Waals surface area (Å²) in [6.07, 6.45) is 0.00250. The first-order valence-corrected chi connectivity index (χ1v) is 9.04. The van der Waals surface area contributed by atoms with Gasteiger partial charge in [0.25, 0.3) is 11.8 Å². The summed E-state index contributed by atoms with van der Waals surface area (Å²) in [6.45, 7) is 1.76. The monoisotopic (exact) mass is 427 g/mol. The van der Waals surface area contributed by atoms with E-state index in [-0.39, 0.29) is 30.7 Å². The molecule has 0 bridgehead atoms. The van der Waals surface area contributed by atoms with Crippen LogP contribution in [-0.2, 0) is 4.79 Å². The Balaban J connectivity index is 1.41. The zero-order chi connectivity index (χ0) is 19.1. The Morgan fingerprint density at radius 3 is 2.74 bits per heavy atom. The van der Waals surface area contributed by atoms with Crippen molar-refractivity contribution in [2.24, 2.45) is 0 Å². The van der Waals surface area contributed by atoms with E-state index in [1.165, 1.54) is 0 Å². The average Bonchev–Trinajstić information content (AvgIpc) is 3.10. The molecule has 8 heteroatoms. The largest absolute Gasteiger partial charge is 0.441 e. The van der Waals surface area contributed by atoms with Crippen molar-refractivity contribution in [3.8, 4) is 0 Å². The third kappa shape index (κ3) is 3.23. The van der Waals surface area contributed by atoms with Gasteiger partial charge in [0.15, 0.2) is 11.5 Å². The Bertz CT molecular complexity index is 1110. The van der Waals surface area contributed by atoms with Crippen LogP contribution in [0.2, 0.25) is 0 Å². The molecule has 7 nitrogen and oxygen atoms in total. The molecule has 0 atom stereocenters. The van der Waals surface area contributed by atoms with Crippen molar-refractivity contribution >= 4 is 50.4 Å². The van der Waals surface area contributed by atoms with E-state index < -0.39 is 0 Å². The van der Waals surface area contributed by atoms with Gasteiger partial charge in [-0.15, -0.1) is 0 Å². The van der Waals surface area contributed by atoms with Gasteiger partial charge in [0.2, 0.25) is 5.91 Å². The van der Waals surface area contributed by atoms with Crippen molar-refractivity contribution in [3.05, 3.63) is 57.9 Å². The summed E-state index contributed by atoms with van der Waals surface area (Å²) in [5.74, 6) is -0.517. The number of aromatic nitrogens is 1. The third-order valence-corrected chi connectivity index (χ3v) is 4.77. The highest BCUT2D eigenvalue weighted by Gasteiger charge is 2.35. The SMILES string of the molecule is Cc1nc2cc(NC(=O)CCN3C(=O)c4ccc(Br)cc4C3=O)ccc2o1. The van der Waals surface area contributed by atoms with Gasteiger partial charge >= 0.3 is 0 Å². The predicted molar refractivity (Wildman–Crippen MR) is 102 cm³/mol. The van der Waals surface area contributed by atoms with Crippen LogP contribution in [0.25, 0.3) is 11.1 Å². The van der Waals surface area contributed by atoms with Gasteiger partial charge in [-0.25, -0.2) is 4.98 Å². The molecule has 0 radical (unpaired) electrons. The number of anilines is 1. The zero-order valence-electron chi connectivity index (χ0n) is 14.3. The minimum atomic E-state index is -0.386. The van der Waals surface area contributed by atoms with Gasteiger partial charge in [0.05, 0.1) is 11.1 Å². The molecule has 3 aromatic rings. The molecular formula is C19H14BrN3O4. The highest BCUT2D eigenvalue weighted by Crippen LogP contribution is 2.26. The number of aryl methyl sites for hydroxylation is 1. The quantitative estimate of drug-likeness (QED) is 0.642. The van der Waals surface area contributed by atoms with Gasteiger partial charge < -0.3 is 9.73 Å². The van der Waals surface area contributed by atoms with Crippen molar-refractivity contribution in [2.75, 3.05) is 11.9 Å². The molecule has 136 valence electrons. The van der Waals surface area contributed by atoms with Crippen LogP contribution in [0, 0.1) is 6.92 Å². The van der Waals surface area contributed by atoms with E-state index >= 15 is 0 Å². The van der Waals surface area contributed by atoms with E-state index in [1.54, 1.807) is 43.3 Å². The van der Waals surface area contributed by atoms with Crippen LogP contribution in [0.15, 0.2) is 45.3 Å². The fourth-order valence-corrected chi connectivity index (χ4v) is 3.38. The van der Waals surface area contributed by atoms with E-state index in [0.717, 1.165) is 9.37 Å². The number of carbonyl (C=O) groups excluding carboxylic acids is 3. The maximum absolute atomic E-state index is 12.4. The van der Waals surface area contributed by atoms with Crippen molar-refractivity contribution in [1.29, 1.82) is 0 Å². The van der Waals surface area contributed by atoms with Crippen LogP contribution in [0.4, 0.5) is 5.69 Å². The maximum Gasteiger partial charge on any atom is 0.261 e. The lowest BCUT2D eigenvalue weighted by Crippen LogP contribution is -2.32. The van der Waals surface area contributed by atoms with Crippen LogP contribution in [0.5, 0.6) is 0 Å². The van der Waals surface area contributed by atoms with Gasteiger partial charge in [0, 0.05) is 30.0 Å². The predicted octanol–water partition coefficient (Wildman–Crippen LogP) is 3.52. The number of fused-ring (bicyclic) bond motifs is 2. The number of halogens is 1. The molecule has 0 saturated heterocycles. The molecule has 27 heavy (non-hydrogen) atoms. The number of amides is 3. The smallest absolute Gasteiger partial charge is 0.261 e. The fraction of sp³-hybridized carbons (Fsp3) is 0.158. The minimum absolute atomic E-state index is 0.00250. The number of carbonyl (C=O) groups is 3. The first-order chi connectivity index (χ1) is 12.9. The van der Waals surface area contributed by atoms with Crippen molar-refractivity contribution in [1.82, 2.24) is 9.88 Å². The van der Waals surface area contributed by atoms with Crippen LogP contribution >= 0.6 is 15.9 Å². The lowest BCUT2D eigenvalue weighted by atomic mass is 10.1. The summed E-state index contributed by atoms with van der Waals surface area (Å²) in [4.78, 5) is 42.3. The number of hydrogen-bond donors (Lipinski definition) is 1. The number of rotatable bonds is 4. The third-order valence-electron chi connectivity index (χ3n) is 4.27. The second kappa shape index (κ2) is 6.62. The first-order valence-electron chi connectivity index (χ1n) is 8.25. The molecule has 0 saturated carbocycles. The van der Waals surface area contributed by atoms with Gasteiger partial charge in [-0.05, 0) is 36.4 Å². The van der Waals surface area contributed by atoms with Crippen LogP contribution in [-0.4, -0.2) is 34.2 Å². The molecule has 2 aromatic carbocycles. The minimum Gasteiger partial charge on any atom is -0.441 e. The Hall–Kier alpha value is -3.00. The highest BCUT2D eigenvalue weighted by atomic mass is 79.9. The van der Waals surface area contributed by atoms with Crippen molar-refractivity contribution in [2.45, 2.75) is 13.3 Å². The second-order valence-corrected chi connectivity index (χ2v) is 7.08. The molecular weight excluding hydrogens is 414 g/mol. The Kier molecular flexibility index (Phi) is 4.27. The summed E-state index contributed by atoms with van der Waals surface area (Å²) < 4.78 is 6.12. The Morgan fingerprint density at radius 2 is 1.93 bits per heavy atom. The van der Waals surface area contributed by atoms with Gasteiger partial charge in [-0.1, -0.05) is 15.9 Å². The fourth-order valence-electron chi connectivity index (χ4n) is 3.02. The molecule has 1 aromatic heterocycles. The summed E-state index contributed by atoms with van der Waals surface area (Å²) in [5.41, 5.74) is 2.57. The molecule has 0 unspecified atom stereocenters. The van der Waals surface area contributed by atoms with Gasteiger partial charge in [0.1, 0.15) is 5.52 Å². The summed E-state index contributed by atoms with van der Waals surface area (Å²) in [6, 6.07) is 10.1. The van der Waals surface area contributed by atoms with Crippen molar-refractivity contribution in [3.63, 3.8) is 0 Å². The number of nitrogens with one attached hydrogen (secondary N) is 1. The maximum atomic E-state index is 12.4. The van der Waals surface area contributed by atoms with Crippen LogP contribution in [0.1, 0.15) is 33.0 Å². The van der Waals surface area contributed by atoms with Crippen LogP contribution < -0.4 is 5.32 Å². The van der Waals surface area contributed by atoms with Crippen LogP contribution in [0.3, 0.4) is 0 Å². The lowest BCUT2D eigenvalue weighted by molar-refractivity contribution is -0.116. The summed E-state index contributed by atoms with van der Waals surface area (Å²) in [5, 5.41) is 2.75. The molecule has 1 aliphatic rings. The van der Waals surface area contributed by atoms with E-state index in [9.17, 15) is 14.4 Å².